The summed E-state index contributed by atoms with van der Waals surface area (Å²) in [5.74, 6) is 0.718. The molecule has 1 N–H and O–H groups in total. The first-order valence-corrected chi connectivity index (χ1v) is 7.08. The number of piperidine rings is 1. The van der Waals surface area contributed by atoms with E-state index in [-0.39, 0.29) is 0 Å². The van der Waals surface area contributed by atoms with Gasteiger partial charge in [-0.15, -0.1) is 0 Å². The van der Waals surface area contributed by atoms with Crippen LogP contribution in [0.15, 0.2) is 6.20 Å². The van der Waals surface area contributed by atoms with Crippen LogP contribution < -0.4 is 0 Å². The molecule has 0 spiro atoms. The van der Waals surface area contributed by atoms with Crippen molar-refractivity contribution in [1.82, 2.24) is 15.1 Å². The Morgan fingerprint density at radius 1 is 1.18 bits per heavy atom. The second kappa shape index (κ2) is 4.81. The highest BCUT2D eigenvalue weighted by Gasteiger charge is 2.28. The maximum atomic E-state index is 4.15. The van der Waals surface area contributed by atoms with E-state index in [9.17, 15) is 0 Å². The zero-order chi connectivity index (χ0) is 11.7. The zero-order valence-corrected chi connectivity index (χ0v) is 10.8. The van der Waals surface area contributed by atoms with Crippen molar-refractivity contribution in [3.63, 3.8) is 0 Å². The summed E-state index contributed by atoms with van der Waals surface area (Å²) in [4.78, 5) is 2.73. The molecule has 1 aliphatic heterocycles. The molecule has 17 heavy (non-hydrogen) atoms. The van der Waals surface area contributed by atoms with Gasteiger partial charge in [-0.05, 0) is 51.3 Å². The van der Waals surface area contributed by atoms with Crippen molar-refractivity contribution in [2.24, 2.45) is 0 Å². The molecule has 94 valence electrons. The minimum atomic E-state index is 0.718. The number of likely N-dealkylation sites (tertiary alicyclic amines) is 1. The van der Waals surface area contributed by atoms with E-state index in [2.05, 4.69) is 22.0 Å². The Hall–Kier alpha value is -0.830. The van der Waals surface area contributed by atoms with E-state index >= 15 is 0 Å². The molecule has 1 saturated carbocycles. The average molecular weight is 233 g/mol. The molecule has 1 aliphatic carbocycles. The van der Waals surface area contributed by atoms with Crippen LogP contribution in [0.5, 0.6) is 0 Å². The van der Waals surface area contributed by atoms with Gasteiger partial charge in [0.1, 0.15) is 0 Å². The van der Waals surface area contributed by atoms with Gasteiger partial charge in [0, 0.05) is 17.7 Å². The molecular formula is C14H23N3. The van der Waals surface area contributed by atoms with E-state index in [0.717, 1.165) is 12.0 Å². The van der Waals surface area contributed by atoms with Gasteiger partial charge in [-0.3, -0.25) is 5.10 Å². The topological polar surface area (TPSA) is 31.9 Å². The van der Waals surface area contributed by atoms with E-state index in [0.29, 0.717) is 0 Å². The molecule has 3 heteroatoms. The Morgan fingerprint density at radius 2 is 1.88 bits per heavy atom. The number of rotatable bonds is 2. The van der Waals surface area contributed by atoms with Crippen molar-refractivity contribution in [2.45, 2.75) is 57.4 Å². The van der Waals surface area contributed by atoms with Crippen LogP contribution in [0.2, 0.25) is 0 Å². The van der Waals surface area contributed by atoms with Crippen molar-refractivity contribution in [1.29, 1.82) is 0 Å². The second-order valence-corrected chi connectivity index (χ2v) is 5.72. The van der Waals surface area contributed by atoms with Gasteiger partial charge in [0.05, 0.1) is 6.20 Å². The maximum Gasteiger partial charge on any atom is 0.0519 e. The third-order valence-electron chi connectivity index (χ3n) is 4.65. The van der Waals surface area contributed by atoms with Gasteiger partial charge < -0.3 is 4.90 Å². The van der Waals surface area contributed by atoms with Crippen molar-refractivity contribution in [2.75, 3.05) is 13.1 Å². The molecule has 0 bridgehead atoms. The molecule has 0 radical (unpaired) electrons. The lowest BCUT2D eigenvalue weighted by Gasteiger charge is -2.35. The minimum absolute atomic E-state index is 0.718. The Balaban J connectivity index is 1.58. The monoisotopic (exact) mass is 233 g/mol. The minimum Gasteiger partial charge on any atom is -0.300 e. The van der Waals surface area contributed by atoms with E-state index in [1.165, 1.54) is 62.9 Å². The van der Waals surface area contributed by atoms with Crippen LogP contribution in [0.25, 0.3) is 0 Å². The Bertz CT molecular complexity index is 357. The highest BCUT2D eigenvalue weighted by atomic mass is 15.2. The highest BCUT2D eigenvalue weighted by molar-refractivity contribution is 5.19. The molecule has 3 nitrogen and oxygen atoms in total. The molecule has 0 aromatic carbocycles. The number of aromatic amines is 1. The SMILES string of the molecule is Cc1cn[nH]c1C1CCN(C2CCCC2)CC1. The van der Waals surface area contributed by atoms with Crippen molar-refractivity contribution in [3.8, 4) is 0 Å². The average Bonchev–Trinajstić information content (AvgIpc) is 3.00. The van der Waals surface area contributed by atoms with Gasteiger partial charge in [0.2, 0.25) is 0 Å². The van der Waals surface area contributed by atoms with Gasteiger partial charge in [0.15, 0.2) is 0 Å². The molecule has 2 fully saturated rings. The molecule has 0 atom stereocenters. The van der Waals surface area contributed by atoms with Crippen LogP contribution in [-0.2, 0) is 0 Å². The number of nitrogens with one attached hydrogen (secondary N) is 1. The van der Waals surface area contributed by atoms with Gasteiger partial charge in [-0.25, -0.2) is 0 Å². The van der Waals surface area contributed by atoms with Crippen LogP contribution in [0.4, 0.5) is 0 Å². The molecule has 1 aromatic rings. The highest BCUT2D eigenvalue weighted by Crippen LogP contribution is 2.32. The summed E-state index contributed by atoms with van der Waals surface area (Å²) in [6.45, 7) is 4.74. The number of aryl methyl sites for hydroxylation is 1. The third-order valence-corrected chi connectivity index (χ3v) is 4.65. The van der Waals surface area contributed by atoms with Crippen molar-refractivity contribution < 1.29 is 0 Å². The van der Waals surface area contributed by atoms with Crippen LogP contribution in [0.1, 0.15) is 55.7 Å². The number of nitrogens with zero attached hydrogens (tertiary/aromatic N) is 2. The third kappa shape index (κ3) is 2.25. The Kier molecular flexibility index (Phi) is 3.19. The van der Waals surface area contributed by atoms with E-state index in [1.54, 1.807) is 0 Å². The van der Waals surface area contributed by atoms with Gasteiger partial charge in [-0.1, -0.05) is 12.8 Å². The number of hydrogen-bond donors (Lipinski definition) is 1. The van der Waals surface area contributed by atoms with E-state index in [4.69, 9.17) is 0 Å². The van der Waals surface area contributed by atoms with Crippen LogP contribution in [-0.4, -0.2) is 34.2 Å². The molecule has 0 amide bonds. The Labute approximate surface area is 104 Å². The summed E-state index contributed by atoms with van der Waals surface area (Å²) >= 11 is 0. The standard InChI is InChI=1S/C14H23N3/c1-11-10-15-16-14(11)12-6-8-17(9-7-12)13-4-2-3-5-13/h10,12-13H,2-9H2,1H3,(H,15,16). The quantitative estimate of drug-likeness (QED) is 0.851. The second-order valence-electron chi connectivity index (χ2n) is 5.72. The first-order chi connectivity index (χ1) is 8.34. The summed E-state index contributed by atoms with van der Waals surface area (Å²) in [5, 5.41) is 7.35. The van der Waals surface area contributed by atoms with Crippen LogP contribution in [0, 0.1) is 6.92 Å². The number of H-pyrrole nitrogens is 1. The first kappa shape index (κ1) is 11.3. The normalized spacial score (nSPS) is 24.5. The van der Waals surface area contributed by atoms with E-state index < -0.39 is 0 Å². The molecule has 2 heterocycles. The summed E-state index contributed by atoms with van der Waals surface area (Å²) in [6, 6.07) is 0.902. The molecule has 0 unspecified atom stereocenters. The molecule has 1 saturated heterocycles. The fraction of sp³-hybridized carbons (Fsp3) is 0.786. The van der Waals surface area contributed by atoms with E-state index in [1.807, 2.05) is 6.20 Å². The maximum absolute atomic E-state index is 4.15. The van der Waals surface area contributed by atoms with Crippen LogP contribution >= 0.6 is 0 Å². The largest absolute Gasteiger partial charge is 0.300 e. The predicted octanol–water partition coefficient (Wildman–Crippen LogP) is 2.84. The van der Waals surface area contributed by atoms with Gasteiger partial charge in [-0.2, -0.15) is 5.10 Å². The Morgan fingerprint density at radius 3 is 2.47 bits per heavy atom. The summed E-state index contributed by atoms with van der Waals surface area (Å²) < 4.78 is 0. The molecule has 1 aromatic heterocycles. The lowest BCUT2D eigenvalue weighted by atomic mass is 9.91. The molecule has 3 rings (SSSR count). The fourth-order valence-electron chi connectivity index (χ4n) is 3.59. The lowest BCUT2D eigenvalue weighted by Crippen LogP contribution is -2.39. The molecular weight excluding hydrogens is 210 g/mol. The van der Waals surface area contributed by atoms with Crippen molar-refractivity contribution >= 4 is 0 Å². The number of hydrogen-bond acceptors (Lipinski definition) is 2. The van der Waals surface area contributed by atoms with Crippen LogP contribution in [0.3, 0.4) is 0 Å². The summed E-state index contributed by atoms with van der Waals surface area (Å²) in [7, 11) is 0. The predicted molar refractivity (Wildman–Crippen MR) is 69.1 cm³/mol. The number of aromatic nitrogens is 2. The smallest absolute Gasteiger partial charge is 0.0519 e. The summed E-state index contributed by atoms with van der Waals surface area (Å²) in [6.07, 6.45) is 10.3. The van der Waals surface area contributed by atoms with Crippen molar-refractivity contribution in [3.05, 3.63) is 17.5 Å². The zero-order valence-electron chi connectivity index (χ0n) is 10.8. The lowest BCUT2D eigenvalue weighted by molar-refractivity contribution is 0.153. The first-order valence-electron chi connectivity index (χ1n) is 7.08. The molecule has 2 aliphatic rings. The fourth-order valence-corrected chi connectivity index (χ4v) is 3.59. The summed E-state index contributed by atoms with van der Waals surface area (Å²) in [5.41, 5.74) is 2.72. The van der Waals surface area contributed by atoms with Gasteiger partial charge >= 0.3 is 0 Å². The van der Waals surface area contributed by atoms with Gasteiger partial charge in [0.25, 0.3) is 0 Å².